The molecule has 0 bridgehead atoms. The maximum atomic E-state index is 12.3. The van der Waals surface area contributed by atoms with Gasteiger partial charge in [0.15, 0.2) is 11.6 Å². The maximum Gasteiger partial charge on any atom is 0.175 e. The molecule has 0 aliphatic carbocycles. The average Bonchev–Trinajstić information content (AvgIpc) is 3.36. The monoisotopic (exact) mass is 420 g/mol. The van der Waals surface area contributed by atoms with Crippen LogP contribution in [0.2, 0.25) is 0 Å². The van der Waals surface area contributed by atoms with Gasteiger partial charge in [-0.1, -0.05) is 45.0 Å². The molecule has 2 heterocycles. The molecule has 0 saturated carbocycles. The van der Waals surface area contributed by atoms with Crippen molar-refractivity contribution in [2.24, 2.45) is 16.7 Å². The van der Waals surface area contributed by atoms with Gasteiger partial charge in [0, 0.05) is 25.7 Å². The van der Waals surface area contributed by atoms with Crippen molar-refractivity contribution in [2.45, 2.75) is 92.1 Å². The fourth-order valence-electron chi connectivity index (χ4n) is 3.52. The number of aliphatic hydroxyl groups excluding tert-OH is 1. The topological polar surface area (TPSA) is 146 Å². The van der Waals surface area contributed by atoms with Crippen molar-refractivity contribution in [3.05, 3.63) is 11.6 Å². The molecule has 0 fully saturated rings. The summed E-state index contributed by atoms with van der Waals surface area (Å²) in [5.74, 6) is 1.95. The summed E-state index contributed by atoms with van der Waals surface area (Å²) < 4.78 is 0. The van der Waals surface area contributed by atoms with Crippen LogP contribution in [0.15, 0.2) is 0 Å². The summed E-state index contributed by atoms with van der Waals surface area (Å²) in [5, 5.41) is 38.5. The lowest BCUT2D eigenvalue weighted by Gasteiger charge is -2.31. The molecule has 2 aromatic rings. The van der Waals surface area contributed by atoms with Crippen LogP contribution in [-0.4, -0.2) is 58.2 Å². The van der Waals surface area contributed by atoms with E-state index in [0.29, 0.717) is 49.7 Å². The lowest BCUT2D eigenvalue weighted by atomic mass is 9.74. The summed E-state index contributed by atoms with van der Waals surface area (Å²) in [6, 6.07) is 0. The smallest absolute Gasteiger partial charge is 0.175 e. The van der Waals surface area contributed by atoms with Gasteiger partial charge in [0.2, 0.25) is 0 Å². The number of ketones is 1. The van der Waals surface area contributed by atoms with E-state index in [9.17, 15) is 9.90 Å². The Morgan fingerprint density at radius 1 is 0.933 bits per heavy atom. The van der Waals surface area contributed by atoms with E-state index in [0.717, 1.165) is 19.3 Å². The van der Waals surface area contributed by atoms with Gasteiger partial charge >= 0.3 is 0 Å². The molecule has 0 aliphatic heterocycles. The molecule has 10 nitrogen and oxygen atoms in total. The van der Waals surface area contributed by atoms with Gasteiger partial charge in [-0.2, -0.15) is 10.4 Å². The zero-order valence-corrected chi connectivity index (χ0v) is 18.9. The fraction of sp³-hybridized carbons (Fsp3) is 0.850. The Bertz CT molecular complexity index is 743. The number of aliphatic hydroxyl groups is 1. The molecule has 0 saturated heterocycles. The average molecular weight is 421 g/mol. The molecule has 10 heteroatoms. The lowest BCUT2D eigenvalue weighted by molar-refractivity contribution is -0.120. The molecular weight excluding hydrogens is 384 g/mol. The number of nitrogens with zero attached hydrogens (tertiary/aromatic N) is 6. The number of aromatic nitrogens is 8. The highest BCUT2D eigenvalue weighted by molar-refractivity contribution is 5.78. The highest BCUT2D eigenvalue weighted by atomic mass is 16.3. The van der Waals surface area contributed by atoms with Crippen LogP contribution in [0.5, 0.6) is 0 Å². The number of nitrogens with one attached hydrogen (secondary N) is 2. The third kappa shape index (κ3) is 8.25. The Labute approximate surface area is 178 Å². The van der Waals surface area contributed by atoms with E-state index in [-0.39, 0.29) is 16.6 Å². The Hall–Kier alpha value is -2.23. The highest BCUT2D eigenvalue weighted by Crippen LogP contribution is 2.33. The Kier molecular flexibility index (Phi) is 8.57. The van der Waals surface area contributed by atoms with Gasteiger partial charge in [-0.05, 0) is 42.4 Å². The fourth-order valence-corrected chi connectivity index (χ4v) is 3.52. The summed E-state index contributed by atoms with van der Waals surface area (Å²) in [6.07, 6.45) is 4.73. The molecule has 2 rings (SSSR count). The number of Topliss-reactive ketones (excluding diaryl/α,β-unsaturated/α-hetero) is 1. The van der Waals surface area contributed by atoms with E-state index in [1.807, 2.05) is 0 Å². The van der Waals surface area contributed by atoms with E-state index in [1.165, 1.54) is 0 Å². The van der Waals surface area contributed by atoms with Crippen molar-refractivity contribution in [3.8, 4) is 0 Å². The molecule has 0 amide bonds. The first-order chi connectivity index (χ1) is 14.1. The third-order valence-electron chi connectivity index (χ3n) is 6.13. The number of rotatable bonds is 14. The molecule has 0 spiro atoms. The van der Waals surface area contributed by atoms with Gasteiger partial charge < -0.3 is 5.11 Å². The normalized spacial score (nSPS) is 14.6. The second kappa shape index (κ2) is 10.7. The molecule has 0 aliphatic rings. The van der Waals surface area contributed by atoms with Crippen molar-refractivity contribution in [1.29, 1.82) is 0 Å². The Morgan fingerprint density at radius 2 is 1.53 bits per heavy atom. The standard InChI is InChI=1S/C20H36N8O2/c1-14(20(4,5)13-18-23-27-28-24-18)6-7-15(29)8-9-16(30)10-11-19(2,3)12-17-21-25-26-22-17/h14-15,29H,6-13H2,1-5H3,(H,21,22,25,26)(H,23,24,27,28). The molecule has 2 unspecified atom stereocenters. The van der Waals surface area contributed by atoms with Crippen LogP contribution in [0.1, 0.15) is 84.8 Å². The van der Waals surface area contributed by atoms with E-state index < -0.39 is 6.10 Å². The van der Waals surface area contributed by atoms with Crippen molar-refractivity contribution in [3.63, 3.8) is 0 Å². The first-order valence-corrected chi connectivity index (χ1v) is 10.7. The van der Waals surface area contributed by atoms with Crippen LogP contribution in [0.3, 0.4) is 0 Å². The van der Waals surface area contributed by atoms with Crippen LogP contribution < -0.4 is 0 Å². The number of H-pyrrole nitrogens is 2. The molecule has 0 aromatic carbocycles. The zero-order valence-electron chi connectivity index (χ0n) is 18.9. The number of hydrogen-bond donors (Lipinski definition) is 3. The second-order valence-electron chi connectivity index (χ2n) is 9.87. The van der Waals surface area contributed by atoms with Gasteiger partial charge in [-0.15, -0.1) is 20.4 Å². The summed E-state index contributed by atoms with van der Waals surface area (Å²) >= 11 is 0. The Morgan fingerprint density at radius 3 is 2.10 bits per heavy atom. The molecule has 2 aromatic heterocycles. The van der Waals surface area contributed by atoms with Crippen LogP contribution in [-0.2, 0) is 17.6 Å². The number of carbonyl (C=O) groups is 1. The van der Waals surface area contributed by atoms with E-state index in [1.54, 1.807) is 0 Å². The van der Waals surface area contributed by atoms with Crippen molar-refractivity contribution in [2.75, 3.05) is 0 Å². The van der Waals surface area contributed by atoms with Gasteiger partial charge in [0.1, 0.15) is 5.78 Å². The van der Waals surface area contributed by atoms with E-state index >= 15 is 0 Å². The minimum absolute atomic E-state index is 0.00367. The number of carbonyl (C=O) groups excluding carboxylic acids is 1. The number of tetrazole rings is 2. The first kappa shape index (κ1) is 24.0. The van der Waals surface area contributed by atoms with Crippen molar-refractivity contribution >= 4 is 5.78 Å². The molecule has 0 radical (unpaired) electrons. The number of aromatic amines is 2. The Balaban J connectivity index is 1.64. The van der Waals surface area contributed by atoms with E-state index in [4.69, 9.17) is 0 Å². The first-order valence-electron chi connectivity index (χ1n) is 10.7. The van der Waals surface area contributed by atoms with Crippen molar-refractivity contribution in [1.82, 2.24) is 41.2 Å². The highest BCUT2D eigenvalue weighted by Gasteiger charge is 2.28. The summed E-state index contributed by atoms with van der Waals surface area (Å²) in [4.78, 5) is 12.3. The minimum atomic E-state index is -0.454. The predicted molar refractivity (Wildman–Crippen MR) is 111 cm³/mol. The lowest BCUT2D eigenvalue weighted by Crippen LogP contribution is -2.26. The maximum absolute atomic E-state index is 12.3. The largest absolute Gasteiger partial charge is 0.393 e. The summed E-state index contributed by atoms with van der Waals surface area (Å²) in [5.41, 5.74) is -0.0679. The second-order valence-corrected chi connectivity index (χ2v) is 9.87. The van der Waals surface area contributed by atoms with Crippen molar-refractivity contribution < 1.29 is 9.90 Å². The number of hydrogen-bond acceptors (Lipinski definition) is 8. The van der Waals surface area contributed by atoms with Gasteiger partial charge in [0.05, 0.1) is 6.10 Å². The summed E-state index contributed by atoms with van der Waals surface area (Å²) in [7, 11) is 0. The molecule has 168 valence electrons. The quantitative estimate of drug-likeness (QED) is 0.422. The molecule has 30 heavy (non-hydrogen) atoms. The molecule has 2 atom stereocenters. The third-order valence-corrected chi connectivity index (χ3v) is 6.13. The van der Waals surface area contributed by atoms with Gasteiger partial charge in [-0.3, -0.25) is 4.79 Å². The zero-order chi connectivity index (χ0) is 22.2. The van der Waals surface area contributed by atoms with Crippen LogP contribution in [0.25, 0.3) is 0 Å². The van der Waals surface area contributed by atoms with E-state index in [2.05, 4.69) is 75.9 Å². The van der Waals surface area contributed by atoms with Crippen LogP contribution >= 0.6 is 0 Å². The van der Waals surface area contributed by atoms with Gasteiger partial charge in [-0.25, -0.2) is 0 Å². The molecular formula is C20H36N8O2. The summed E-state index contributed by atoms with van der Waals surface area (Å²) in [6.45, 7) is 10.7. The van der Waals surface area contributed by atoms with Crippen LogP contribution in [0.4, 0.5) is 0 Å². The molecule has 3 N–H and O–H groups in total. The predicted octanol–water partition coefficient (Wildman–Crippen LogP) is 2.46. The van der Waals surface area contributed by atoms with Gasteiger partial charge in [0.25, 0.3) is 0 Å². The van der Waals surface area contributed by atoms with Crippen LogP contribution in [0, 0.1) is 16.7 Å². The SMILES string of the molecule is CC(CCC(O)CCC(=O)CCC(C)(C)Cc1nn[nH]n1)C(C)(C)Cc1nn[nH]n1. The minimum Gasteiger partial charge on any atom is -0.393 e.